The standard InChI is InChI=1S/C6H11NO3/c8-5-3-1-2-4-7(5)6(9)10/h5,8H,1-4H2,(H,9,10)/t5-/m0/s1. The summed E-state index contributed by atoms with van der Waals surface area (Å²) in [5.41, 5.74) is 0. The summed E-state index contributed by atoms with van der Waals surface area (Å²) < 4.78 is 0. The maximum absolute atomic E-state index is 10.3. The highest BCUT2D eigenvalue weighted by molar-refractivity contribution is 5.65. The van der Waals surface area contributed by atoms with Crippen molar-refractivity contribution in [1.29, 1.82) is 0 Å². The molecule has 1 heterocycles. The first-order chi connectivity index (χ1) is 4.72. The summed E-state index contributed by atoms with van der Waals surface area (Å²) in [4.78, 5) is 11.4. The molecule has 1 aliphatic heterocycles. The van der Waals surface area contributed by atoms with Crippen LogP contribution in [0.4, 0.5) is 4.79 Å². The molecule has 0 radical (unpaired) electrons. The van der Waals surface area contributed by atoms with E-state index in [2.05, 4.69) is 0 Å². The molecule has 0 aromatic heterocycles. The third-order valence-electron chi connectivity index (χ3n) is 1.72. The molecule has 0 saturated carbocycles. The molecule has 1 atom stereocenters. The fourth-order valence-corrected chi connectivity index (χ4v) is 1.14. The van der Waals surface area contributed by atoms with Gasteiger partial charge in [0.25, 0.3) is 0 Å². The summed E-state index contributed by atoms with van der Waals surface area (Å²) in [6.07, 6.45) is 0.569. The molecule has 58 valence electrons. The van der Waals surface area contributed by atoms with Crippen LogP contribution in [0.15, 0.2) is 0 Å². The van der Waals surface area contributed by atoms with Crippen molar-refractivity contribution in [2.75, 3.05) is 6.54 Å². The fraction of sp³-hybridized carbons (Fsp3) is 0.833. The van der Waals surface area contributed by atoms with Crippen molar-refractivity contribution in [2.45, 2.75) is 25.5 Å². The van der Waals surface area contributed by atoms with Crippen LogP contribution in [0.3, 0.4) is 0 Å². The van der Waals surface area contributed by atoms with Gasteiger partial charge in [-0.1, -0.05) is 0 Å². The number of carbonyl (C=O) groups is 1. The Hall–Kier alpha value is -0.770. The molecule has 1 fully saturated rings. The molecule has 0 aliphatic carbocycles. The number of nitrogens with zero attached hydrogens (tertiary/aromatic N) is 1. The number of aliphatic hydroxyl groups is 1. The Morgan fingerprint density at radius 1 is 1.50 bits per heavy atom. The average Bonchev–Trinajstić information content (AvgIpc) is 1.88. The number of hydrogen-bond acceptors (Lipinski definition) is 2. The minimum absolute atomic E-state index is 0.469. The molecule has 1 aliphatic rings. The van der Waals surface area contributed by atoms with Crippen molar-refractivity contribution in [3.63, 3.8) is 0 Å². The van der Waals surface area contributed by atoms with Crippen molar-refractivity contribution in [1.82, 2.24) is 4.90 Å². The van der Waals surface area contributed by atoms with E-state index in [0.717, 1.165) is 17.7 Å². The smallest absolute Gasteiger partial charge is 0.409 e. The first kappa shape index (κ1) is 7.34. The zero-order valence-corrected chi connectivity index (χ0v) is 5.66. The van der Waals surface area contributed by atoms with Crippen LogP contribution in [0, 0.1) is 0 Å². The summed E-state index contributed by atoms with van der Waals surface area (Å²) in [6, 6.07) is 0. The lowest BCUT2D eigenvalue weighted by Crippen LogP contribution is -2.42. The van der Waals surface area contributed by atoms with Gasteiger partial charge < -0.3 is 10.2 Å². The summed E-state index contributed by atoms with van der Waals surface area (Å²) in [5, 5.41) is 17.6. The van der Waals surface area contributed by atoms with Gasteiger partial charge in [0.15, 0.2) is 0 Å². The molecule has 0 unspecified atom stereocenters. The van der Waals surface area contributed by atoms with Crippen LogP contribution in [0.25, 0.3) is 0 Å². The average molecular weight is 145 g/mol. The van der Waals surface area contributed by atoms with E-state index in [1.165, 1.54) is 0 Å². The molecule has 4 nitrogen and oxygen atoms in total. The number of aliphatic hydroxyl groups excluding tert-OH is 1. The Bertz CT molecular complexity index is 137. The van der Waals surface area contributed by atoms with Crippen molar-refractivity contribution < 1.29 is 15.0 Å². The summed E-state index contributed by atoms with van der Waals surface area (Å²) in [5.74, 6) is 0. The molecule has 1 amide bonds. The second kappa shape index (κ2) is 2.88. The van der Waals surface area contributed by atoms with Crippen molar-refractivity contribution >= 4 is 6.09 Å². The van der Waals surface area contributed by atoms with E-state index in [0.29, 0.717) is 13.0 Å². The van der Waals surface area contributed by atoms with Crippen molar-refractivity contribution in [2.24, 2.45) is 0 Å². The van der Waals surface area contributed by atoms with E-state index in [1.807, 2.05) is 0 Å². The van der Waals surface area contributed by atoms with E-state index < -0.39 is 12.3 Å². The maximum Gasteiger partial charge on any atom is 0.409 e. The summed E-state index contributed by atoms with van der Waals surface area (Å²) in [7, 11) is 0. The van der Waals surface area contributed by atoms with E-state index in [1.54, 1.807) is 0 Å². The van der Waals surface area contributed by atoms with Gasteiger partial charge in [0.1, 0.15) is 6.23 Å². The minimum Gasteiger partial charge on any atom is -0.465 e. The van der Waals surface area contributed by atoms with Gasteiger partial charge in [-0.25, -0.2) is 4.79 Å². The molecular formula is C6H11NO3. The molecular weight excluding hydrogens is 134 g/mol. The predicted octanol–water partition coefficient (Wildman–Crippen LogP) is 0.469. The third kappa shape index (κ3) is 1.39. The van der Waals surface area contributed by atoms with E-state index in [4.69, 9.17) is 10.2 Å². The second-order valence-electron chi connectivity index (χ2n) is 2.45. The zero-order valence-electron chi connectivity index (χ0n) is 5.66. The number of rotatable bonds is 0. The van der Waals surface area contributed by atoms with Crippen LogP contribution in [0.5, 0.6) is 0 Å². The zero-order chi connectivity index (χ0) is 7.56. The minimum atomic E-state index is -1.02. The van der Waals surface area contributed by atoms with Gasteiger partial charge in [0.2, 0.25) is 0 Å². The van der Waals surface area contributed by atoms with Crippen LogP contribution < -0.4 is 0 Å². The van der Waals surface area contributed by atoms with Gasteiger partial charge >= 0.3 is 6.09 Å². The van der Waals surface area contributed by atoms with Crippen molar-refractivity contribution in [3.8, 4) is 0 Å². The van der Waals surface area contributed by atoms with Gasteiger partial charge in [0.05, 0.1) is 0 Å². The normalized spacial score (nSPS) is 26.5. The molecule has 0 spiro atoms. The van der Waals surface area contributed by atoms with Gasteiger partial charge in [-0.3, -0.25) is 4.90 Å². The molecule has 10 heavy (non-hydrogen) atoms. The highest BCUT2D eigenvalue weighted by atomic mass is 16.4. The lowest BCUT2D eigenvalue weighted by molar-refractivity contribution is -0.0113. The first-order valence-electron chi connectivity index (χ1n) is 3.39. The highest BCUT2D eigenvalue weighted by Crippen LogP contribution is 2.13. The summed E-state index contributed by atoms with van der Waals surface area (Å²) >= 11 is 0. The van der Waals surface area contributed by atoms with Gasteiger partial charge in [0, 0.05) is 6.54 Å². The van der Waals surface area contributed by atoms with E-state index in [9.17, 15) is 4.79 Å². The van der Waals surface area contributed by atoms with Gasteiger partial charge in [-0.2, -0.15) is 0 Å². The Morgan fingerprint density at radius 3 is 2.60 bits per heavy atom. The molecule has 2 N–H and O–H groups in total. The molecule has 0 aromatic rings. The Kier molecular flexibility index (Phi) is 2.11. The lowest BCUT2D eigenvalue weighted by Gasteiger charge is -2.29. The Morgan fingerprint density at radius 2 is 2.20 bits per heavy atom. The number of piperidine rings is 1. The van der Waals surface area contributed by atoms with Gasteiger partial charge in [-0.15, -0.1) is 0 Å². The van der Waals surface area contributed by atoms with Crippen LogP contribution in [-0.4, -0.2) is 34.0 Å². The highest BCUT2D eigenvalue weighted by Gasteiger charge is 2.23. The fourth-order valence-electron chi connectivity index (χ4n) is 1.14. The molecule has 0 bridgehead atoms. The third-order valence-corrected chi connectivity index (χ3v) is 1.72. The van der Waals surface area contributed by atoms with E-state index in [-0.39, 0.29) is 0 Å². The summed E-state index contributed by atoms with van der Waals surface area (Å²) in [6.45, 7) is 0.469. The van der Waals surface area contributed by atoms with Crippen LogP contribution in [-0.2, 0) is 0 Å². The Balaban J connectivity index is 2.47. The maximum atomic E-state index is 10.3. The Labute approximate surface area is 59.1 Å². The SMILES string of the molecule is O=C(O)N1CCCC[C@@H]1O. The van der Waals surface area contributed by atoms with Crippen molar-refractivity contribution in [3.05, 3.63) is 0 Å². The van der Waals surface area contributed by atoms with Gasteiger partial charge in [-0.05, 0) is 19.3 Å². The number of hydrogen-bond donors (Lipinski definition) is 2. The molecule has 1 rings (SSSR count). The quantitative estimate of drug-likeness (QED) is 0.520. The second-order valence-corrected chi connectivity index (χ2v) is 2.45. The van der Waals surface area contributed by atoms with E-state index >= 15 is 0 Å². The lowest BCUT2D eigenvalue weighted by atomic mass is 10.1. The van der Waals surface area contributed by atoms with Crippen LogP contribution in [0.1, 0.15) is 19.3 Å². The number of likely N-dealkylation sites (tertiary alicyclic amines) is 1. The first-order valence-corrected chi connectivity index (χ1v) is 3.39. The van der Waals surface area contributed by atoms with Crippen LogP contribution >= 0.6 is 0 Å². The molecule has 0 aromatic carbocycles. The number of amides is 1. The van der Waals surface area contributed by atoms with Crippen LogP contribution in [0.2, 0.25) is 0 Å². The molecule has 4 heteroatoms. The monoisotopic (exact) mass is 145 g/mol. The molecule has 1 saturated heterocycles. The largest absolute Gasteiger partial charge is 0.465 e. The predicted molar refractivity (Wildman–Crippen MR) is 34.6 cm³/mol. The number of carboxylic acid groups (broad SMARTS) is 1. The topological polar surface area (TPSA) is 60.8 Å².